The van der Waals surface area contributed by atoms with Gasteiger partial charge in [-0.15, -0.1) is 0 Å². The number of nitrogens with one attached hydrogen (secondary N) is 2. The summed E-state index contributed by atoms with van der Waals surface area (Å²) in [4.78, 5) is 18.1. The van der Waals surface area contributed by atoms with Crippen molar-refractivity contribution in [3.63, 3.8) is 0 Å². The van der Waals surface area contributed by atoms with Crippen LogP contribution < -0.4 is 15.5 Å². The molecule has 2 rings (SSSR count). The fourth-order valence-electron chi connectivity index (χ4n) is 2.27. The van der Waals surface area contributed by atoms with E-state index in [0.717, 1.165) is 31.9 Å². The SMILES string of the molecule is CCNC(C)c1ccc(N2CCCNC(=O)C2)nc1. The maximum absolute atomic E-state index is 11.5. The molecule has 1 amide bonds. The molecule has 1 unspecified atom stereocenters. The largest absolute Gasteiger partial charge is 0.354 e. The minimum absolute atomic E-state index is 0.0735. The fraction of sp³-hybridized carbons (Fsp3) is 0.571. The topological polar surface area (TPSA) is 57.3 Å². The van der Waals surface area contributed by atoms with Gasteiger partial charge in [-0.05, 0) is 31.5 Å². The predicted octanol–water partition coefficient (Wildman–Crippen LogP) is 1.08. The number of nitrogens with zero attached hydrogens (tertiary/aromatic N) is 2. The highest BCUT2D eigenvalue weighted by molar-refractivity contribution is 5.81. The van der Waals surface area contributed by atoms with Crippen LogP contribution in [0.25, 0.3) is 0 Å². The lowest BCUT2D eigenvalue weighted by Crippen LogP contribution is -2.33. The third kappa shape index (κ3) is 3.67. The van der Waals surface area contributed by atoms with Crippen molar-refractivity contribution in [3.8, 4) is 0 Å². The van der Waals surface area contributed by atoms with Crippen LogP contribution in [0.2, 0.25) is 0 Å². The molecule has 1 aromatic heterocycles. The minimum Gasteiger partial charge on any atom is -0.354 e. The number of amides is 1. The van der Waals surface area contributed by atoms with Crippen molar-refractivity contribution in [2.75, 3.05) is 31.1 Å². The second-order valence-corrected chi connectivity index (χ2v) is 4.85. The van der Waals surface area contributed by atoms with E-state index in [0.29, 0.717) is 12.6 Å². The maximum Gasteiger partial charge on any atom is 0.239 e. The molecular weight excluding hydrogens is 240 g/mol. The Labute approximate surface area is 114 Å². The summed E-state index contributed by atoms with van der Waals surface area (Å²) in [5.74, 6) is 0.953. The van der Waals surface area contributed by atoms with Crippen molar-refractivity contribution in [3.05, 3.63) is 23.9 Å². The third-order valence-electron chi connectivity index (χ3n) is 3.37. The lowest BCUT2D eigenvalue weighted by atomic mass is 10.1. The molecule has 1 aliphatic rings. The molecule has 1 fully saturated rings. The van der Waals surface area contributed by atoms with E-state index in [2.05, 4.69) is 35.5 Å². The van der Waals surface area contributed by atoms with Gasteiger partial charge in [-0.2, -0.15) is 0 Å². The molecule has 19 heavy (non-hydrogen) atoms. The number of rotatable bonds is 4. The second-order valence-electron chi connectivity index (χ2n) is 4.85. The lowest BCUT2D eigenvalue weighted by Gasteiger charge is -2.21. The summed E-state index contributed by atoms with van der Waals surface area (Å²) in [6, 6.07) is 4.39. The van der Waals surface area contributed by atoms with Crippen LogP contribution in [0.4, 0.5) is 5.82 Å². The highest BCUT2D eigenvalue weighted by atomic mass is 16.2. The summed E-state index contributed by atoms with van der Waals surface area (Å²) in [5.41, 5.74) is 1.17. The van der Waals surface area contributed by atoms with E-state index in [1.807, 2.05) is 17.2 Å². The summed E-state index contributed by atoms with van der Waals surface area (Å²) >= 11 is 0. The molecule has 2 N–H and O–H groups in total. The number of aromatic nitrogens is 1. The van der Waals surface area contributed by atoms with E-state index in [1.165, 1.54) is 5.56 Å². The van der Waals surface area contributed by atoms with Gasteiger partial charge in [-0.3, -0.25) is 4.79 Å². The number of carbonyl (C=O) groups excluding carboxylic acids is 1. The highest BCUT2D eigenvalue weighted by Gasteiger charge is 2.16. The summed E-state index contributed by atoms with van der Waals surface area (Å²) in [7, 11) is 0. The zero-order valence-electron chi connectivity index (χ0n) is 11.6. The quantitative estimate of drug-likeness (QED) is 0.852. The first-order valence-electron chi connectivity index (χ1n) is 6.91. The van der Waals surface area contributed by atoms with Crippen molar-refractivity contribution in [2.45, 2.75) is 26.3 Å². The van der Waals surface area contributed by atoms with Crippen LogP contribution in [0.1, 0.15) is 31.9 Å². The standard InChI is InChI=1S/C14H22N4O/c1-3-15-11(2)12-5-6-13(17-9-12)18-8-4-7-16-14(19)10-18/h5-6,9,11,15H,3-4,7-8,10H2,1-2H3,(H,16,19). The molecular formula is C14H22N4O. The summed E-state index contributed by atoms with van der Waals surface area (Å²) in [5, 5.41) is 6.23. The van der Waals surface area contributed by atoms with Crippen molar-refractivity contribution in [2.24, 2.45) is 0 Å². The zero-order valence-corrected chi connectivity index (χ0v) is 11.6. The van der Waals surface area contributed by atoms with Gasteiger partial charge in [0.2, 0.25) is 5.91 Å². The summed E-state index contributed by atoms with van der Waals surface area (Å²) in [6.07, 6.45) is 2.86. The van der Waals surface area contributed by atoms with Gasteiger partial charge in [-0.25, -0.2) is 4.98 Å². The highest BCUT2D eigenvalue weighted by Crippen LogP contribution is 2.16. The normalized spacial score (nSPS) is 17.8. The van der Waals surface area contributed by atoms with Crippen LogP contribution in [-0.2, 0) is 4.79 Å². The second kappa shape index (κ2) is 6.52. The van der Waals surface area contributed by atoms with Crippen molar-refractivity contribution in [1.29, 1.82) is 0 Å². The maximum atomic E-state index is 11.5. The molecule has 1 aliphatic heterocycles. The molecule has 2 heterocycles. The Balaban J connectivity index is 2.06. The van der Waals surface area contributed by atoms with E-state index in [-0.39, 0.29) is 5.91 Å². The molecule has 104 valence electrons. The van der Waals surface area contributed by atoms with E-state index >= 15 is 0 Å². The molecule has 1 atom stereocenters. The van der Waals surface area contributed by atoms with Gasteiger partial charge < -0.3 is 15.5 Å². The molecule has 0 saturated carbocycles. The summed E-state index contributed by atoms with van der Waals surface area (Å²) < 4.78 is 0. The Kier molecular flexibility index (Phi) is 4.74. The molecule has 5 nitrogen and oxygen atoms in total. The number of hydrogen-bond acceptors (Lipinski definition) is 4. The van der Waals surface area contributed by atoms with E-state index in [1.54, 1.807) is 0 Å². The van der Waals surface area contributed by atoms with Crippen LogP contribution in [0, 0.1) is 0 Å². The molecule has 0 bridgehead atoms. The first-order chi connectivity index (χ1) is 9.20. The predicted molar refractivity (Wildman–Crippen MR) is 76.2 cm³/mol. The Morgan fingerprint density at radius 1 is 1.53 bits per heavy atom. The molecule has 1 saturated heterocycles. The van der Waals surface area contributed by atoms with Crippen molar-refractivity contribution < 1.29 is 4.79 Å². The smallest absolute Gasteiger partial charge is 0.239 e. The molecule has 1 aromatic rings. The third-order valence-corrected chi connectivity index (χ3v) is 3.37. The van der Waals surface area contributed by atoms with Gasteiger partial charge in [0.15, 0.2) is 0 Å². The van der Waals surface area contributed by atoms with Crippen LogP contribution in [0.15, 0.2) is 18.3 Å². The monoisotopic (exact) mass is 262 g/mol. The Bertz CT molecular complexity index is 418. The van der Waals surface area contributed by atoms with Crippen molar-refractivity contribution in [1.82, 2.24) is 15.6 Å². The average Bonchev–Trinajstić information content (AvgIpc) is 2.64. The Morgan fingerprint density at radius 3 is 3.05 bits per heavy atom. The Hall–Kier alpha value is -1.62. The summed E-state index contributed by atoms with van der Waals surface area (Å²) in [6.45, 7) is 7.18. The molecule has 5 heteroatoms. The zero-order chi connectivity index (χ0) is 13.7. The number of anilines is 1. The number of carbonyl (C=O) groups is 1. The fourth-order valence-corrected chi connectivity index (χ4v) is 2.27. The number of hydrogen-bond donors (Lipinski definition) is 2. The molecule has 0 spiro atoms. The van der Waals surface area contributed by atoms with Crippen molar-refractivity contribution >= 4 is 11.7 Å². The van der Waals surface area contributed by atoms with Gasteiger partial charge >= 0.3 is 0 Å². The van der Waals surface area contributed by atoms with Gasteiger partial charge in [0.1, 0.15) is 5.82 Å². The van der Waals surface area contributed by atoms with Crippen LogP contribution in [-0.4, -0.2) is 37.1 Å². The lowest BCUT2D eigenvalue weighted by molar-refractivity contribution is -0.119. The first-order valence-corrected chi connectivity index (χ1v) is 6.91. The Morgan fingerprint density at radius 2 is 2.37 bits per heavy atom. The number of pyridine rings is 1. The average molecular weight is 262 g/mol. The van der Waals surface area contributed by atoms with Crippen LogP contribution >= 0.6 is 0 Å². The van der Waals surface area contributed by atoms with Crippen LogP contribution in [0.3, 0.4) is 0 Å². The van der Waals surface area contributed by atoms with Crippen LogP contribution in [0.5, 0.6) is 0 Å². The van der Waals surface area contributed by atoms with Gasteiger partial charge in [0.25, 0.3) is 0 Å². The molecule has 0 aliphatic carbocycles. The van der Waals surface area contributed by atoms with Gasteiger partial charge in [0.05, 0.1) is 6.54 Å². The minimum atomic E-state index is 0.0735. The van der Waals surface area contributed by atoms with Gasteiger partial charge in [-0.1, -0.05) is 13.0 Å². The first kappa shape index (κ1) is 13.8. The van der Waals surface area contributed by atoms with E-state index < -0.39 is 0 Å². The molecule has 0 radical (unpaired) electrons. The van der Waals surface area contributed by atoms with Gasteiger partial charge in [0, 0.05) is 25.3 Å². The molecule has 0 aromatic carbocycles. The van der Waals surface area contributed by atoms with E-state index in [9.17, 15) is 4.79 Å². The van der Waals surface area contributed by atoms with E-state index in [4.69, 9.17) is 0 Å².